The first kappa shape index (κ1) is 11.4. The van der Waals surface area contributed by atoms with Crippen LogP contribution in [0.3, 0.4) is 0 Å². The Morgan fingerprint density at radius 1 is 1.53 bits per heavy atom. The van der Waals surface area contributed by atoms with Crippen LogP contribution in [0.25, 0.3) is 0 Å². The van der Waals surface area contributed by atoms with Gasteiger partial charge >= 0.3 is 6.03 Å². The molecular weight excluding hydrogens is 192 g/mol. The molecule has 4 heteroatoms. The number of nitrogens with zero attached hydrogens (tertiary/aromatic N) is 1. The van der Waals surface area contributed by atoms with Gasteiger partial charge in [0.05, 0.1) is 7.11 Å². The number of ether oxygens (including phenoxy) is 1. The second-order valence-electron chi connectivity index (χ2n) is 3.25. The molecule has 1 aromatic carbocycles. The summed E-state index contributed by atoms with van der Waals surface area (Å²) in [6.45, 7) is 2.03. The lowest BCUT2D eigenvalue weighted by Crippen LogP contribution is -2.31. The molecule has 0 spiro atoms. The van der Waals surface area contributed by atoms with Crippen LogP contribution in [0.15, 0.2) is 18.2 Å². The Morgan fingerprint density at radius 3 is 2.67 bits per heavy atom. The topological polar surface area (TPSA) is 55.6 Å². The zero-order valence-electron chi connectivity index (χ0n) is 9.28. The molecule has 0 heterocycles. The van der Waals surface area contributed by atoms with Crippen LogP contribution in [0.5, 0.6) is 5.75 Å². The van der Waals surface area contributed by atoms with E-state index in [0.29, 0.717) is 0 Å². The number of aryl methyl sites for hydroxylation is 1. The molecule has 0 saturated heterocycles. The number of primary amides is 1. The van der Waals surface area contributed by atoms with E-state index in [9.17, 15) is 4.79 Å². The lowest BCUT2D eigenvalue weighted by Gasteiger charge is -2.16. The number of amides is 2. The van der Waals surface area contributed by atoms with Crippen LogP contribution in [0.1, 0.15) is 12.5 Å². The van der Waals surface area contributed by atoms with Crippen molar-refractivity contribution in [2.75, 3.05) is 19.1 Å². The van der Waals surface area contributed by atoms with E-state index < -0.39 is 6.03 Å². The number of hydrogen-bond acceptors (Lipinski definition) is 2. The maximum Gasteiger partial charge on any atom is 0.318 e. The first-order valence-corrected chi connectivity index (χ1v) is 4.80. The molecule has 1 rings (SSSR count). The molecule has 1 aromatic rings. The number of carbonyl (C=O) groups is 1. The summed E-state index contributed by atoms with van der Waals surface area (Å²) in [5.41, 5.74) is 7.02. The normalized spacial score (nSPS) is 9.80. The van der Waals surface area contributed by atoms with Crippen molar-refractivity contribution in [3.05, 3.63) is 23.8 Å². The van der Waals surface area contributed by atoms with Gasteiger partial charge in [0.1, 0.15) is 5.75 Å². The zero-order valence-corrected chi connectivity index (χ0v) is 9.28. The fourth-order valence-corrected chi connectivity index (χ4v) is 1.38. The Labute approximate surface area is 89.6 Å². The molecule has 0 fully saturated rings. The molecule has 0 aliphatic carbocycles. The number of hydrogen-bond donors (Lipinski definition) is 1. The van der Waals surface area contributed by atoms with Gasteiger partial charge in [-0.1, -0.05) is 6.92 Å². The number of nitrogens with two attached hydrogens (primary N) is 1. The quantitative estimate of drug-likeness (QED) is 0.823. The number of anilines is 1. The molecule has 15 heavy (non-hydrogen) atoms. The predicted molar refractivity (Wildman–Crippen MR) is 60.4 cm³/mol. The molecule has 0 atom stereocenters. The maximum atomic E-state index is 11.0. The van der Waals surface area contributed by atoms with Gasteiger partial charge in [0.2, 0.25) is 0 Å². The molecular formula is C11H16N2O2. The van der Waals surface area contributed by atoms with Crippen molar-refractivity contribution >= 4 is 11.7 Å². The molecule has 2 amide bonds. The number of rotatable bonds is 3. The van der Waals surface area contributed by atoms with Crippen LogP contribution in [-0.2, 0) is 6.42 Å². The van der Waals surface area contributed by atoms with E-state index in [0.717, 1.165) is 23.4 Å². The van der Waals surface area contributed by atoms with E-state index >= 15 is 0 Å². The Bertz CT molecular complexity index is 364. The van der Waals surface area contributed by atoms with Crippen molar-refractivity contribution in [2.45, 2.75) is 13.3 Å². The molecule has 0 saturated carbocycles. The van der Waals surface area contributed by atoms with Gasteiger partial charge in [-0.25, -0.2) is 4.79 Å². The van der Waals surface area contributed by atoms with Gasteiger partial charge in [-0.15, -0.1) is 0 Å². The fourth-order valence-electron chi connectivity index (χ4n) is 1.38. The minimum Gasteiger partial charge on any atom is -0.496 e. The average molecular weight is 208 g/mol. The second-order valence-corrected chi connectivity index (χ2v) is 3.25. The molecule has 4 nitrogen and oxygen atoms in total. The summed E-state index contributed by atoms with van der Waals surface area (Å²) in [6, 6.07) is 5.09. The van der Waals surface area contributed by atoms with Crippen molar-refractivity contribution in [1.29, 1.82) is 0 Å². The number of urea groups is 1. The zero-order chi connectivity index (χ0) is 11.4. The van der Waals surface area contributed by atoms with E-state index in [1.54, 1.807) is 14.2 Å². The number of carbonyl (C=O) groups excluding carboxylic acids is 1. The van der Waals surface area contributed by atoms with E-state index in [-0.39, 0.29) is 0 Å². The Hall–Kier alpha value is -1.71. The molecule has 0 aliphatic rings. The van der Waals surface area contributed by atoms with Gasteiger partial charge in [-0.3, -0.25) is 4.90 Å². The van der Waals surface area contributed by atoms with E-state index in [4.69, 9.17) is 10.5 Å². The van der Waals surface area contributed by atoms with Gasteiger partial charge in [-0.2, -0.15) is 0 Å². The summed E-state index contributed by atoms with van der Waals surface area (Å²) in [5.74, 6) is 0.833. The summed E-state index contributed by atoms with van der Waals surface area (Å²) >= 11 is 0. The third kappa shape index (κ3) is 2.40. The van der Waals surface area contributed by atoms with Gasteiger partial charge < -0.3 is 10.5 Å². The van der Waals surface area contributed by atoms with Crippen molar-refractivity contribution in [2.24, 2.45) is 5.73 Å². The smallest absolute Gasteiger partial charge is 0.318 e. The summed E-state index contributed by atoms with van der Waals surface area (Å²) in [7, 11) is 3.27. The van der Waals surface area contributed by atoms with Gasteiger partial charge in [-0.05, 0) is 30.2 Å². The molecule has 0 radical (unpaired) electrons. The van der Waals surface area contributed by atoms with Crippen molar-refractivity contribution < 1.29 is 9.53 Å². The fraction of sp³-hybridized carbons (Fsp3) is 0.364. The highest BCUT2D eigenvalue weighted by Gasteiger charge is 2.09. The summed E-state index contributed by atoms with van der Waals surface area (Å²) < 4.78 is 5.20. The lowest BCUT2D eigenvalue weighted by atomic mass is 10.1. The molecule has 0 unspecified atom stereocenters. The maximum absolute atomic E-state index is 11.0. The van der Waals surface area contributed by atoms with E-state index in [1.165, 1.54) is 4.90 Å². The van der Waals surface area contributed by atoms with Crippen LogP contribution in [0.2, 0.25) is 0 Å². The SMILES string of the molecule is CCc1cc(N(C)C(N)=O)ccc1OC. The van der Waals surface area contributed by atoms with Gasteiger partial charge in [0, 0.05) is 12.7 Å². The summed E-state index contributed by atoms with van der Waals surface area (Å²) in [5, 5.41) is 0. The van der Waals surface area contributed by atoms with Gasteiger partial charge in [0.25, 0.3) is 0 Å². The molecule has 2 N–H and O–H groups in total. The van der Waals surface area contributed by atoms with Crippen LogP contribution in [0, 0.1) is 0 Å². The highest BCUT2D eigenvalue weighted by molar-refractivity contribution is 5.90. The van der Waals surface area contributed by atoms with E-state index in [1.807, 2.05) is 25.1 Å². The Kier molecular flexibility index (Phi) is 3.55. The summed E-state index contributed by atoms with van der Waals surface area (Å²) in [6.07, 6.45) is 0.851. The second kappa shape index (κ2) is 4.68. The van der Waals surface area contributed by atoms with Gasteiger partial charge in [0.15, 0.2) is 0 Å². The lowest BCUT2D eigenvalue weighted by molar-refractivity contribution is 0.255. The molecule has 0 bridgehead atoms. The minimum atomic E-state index is -0.470. The Morgan fingerprint density at radius 2 is 2.20 bits per heavy atom. The monoisotopic (exact) mass is 208 g/mol. The first-order valence-electron chi connectivity index (χ1n) is 4.80. The Balaban J connectivity index is 3.07. The average Bonchev–Trinajstić information content (AvgIpc) is 2.26. The van der Waals surface area contributed by atoms with Crippen LogP contribution in [0.4, 0.5) is 10.5 Å². The first-order chi connectivity index (χ1) is 7.10. The van der Waals surface area contributed by atoms with Crippen molar-refractivity contribution in [1.82, 2.24) is 0 Å². The van der Waals surface area contributed by atoms with Crippen LogP contribution < -0.4 is 15.4 Å². The van der Waals surface area contributed by atoms with Crippen molar-refractivity contribution in [3.8, 4) is 5.75 Å². The standard InChI is InChI=1S/C11H16N2O2/c1-4-8-7-9(13(2)11(12)14)5-6-10(8)15-3/h5-7H,4H2,1-3H3,(H2,12,14). The van der Waals surface area contributed by atoms with E-state index in [2.05, 4.69) is 0 Å². The minimum absolute atomic E-state index is 0.470. The summed E-state index contributed by atoms with van der Waals surface area (Å²) in [4.78, 5) is 12.4. The third-order valence-corrected chi connectivity index (χ3v) is 2.36. The number of benzene rings is 1. The largest absolute Gasteiger partial charge is 0.496 e. The third-order valence-electron chi connectivity index (χ3n) is 2.36. The van der Waals surface area contributed by atoms with Crippen LogP contribution >= 0.6 is 0 Å². The highest BCUT2D eigenvalue weighted by atomic mass is 16.5. The predicted octanol–water partition coefficient (Wildman–Crippen LogP) is 1.77. The molecule has 0 aliphatic heterocycles. The molecule has 0 aromatic heterocycles. The number of methoxy groups -OCH3 is 1. The molecule has 82 valence electrons. The van der Waals surface area contributed by atoms with Crippen LogP contribution in [-0.4, -0.2) is 20.2 Å². The highest BCUT2D eigenvalue weighted by Crippen LogP contribution is 2.24. The van der Waals surface area contributed by atoms with Crippen molar-refractivity contribution in [3.63, 3.8) is 0 Å².